The van der Waals surface area contributed by atoms with E-state index in [0.29, 0.717) is 0 Å². The third-order valence-corrected chi connectivity index (χ3v) is 4.66. The molecule has 84 valence electrons. The number of nitrogens with zero attached hydrogens (tertiary/aromatic N) is 2. The van der Waals surface area contributed by atoms with E-state index in [9.17, 15) is 8.42 Å². The highest BCUT2D eigenvalue weighted by Gasteiger charge is 2.17. The second-order valence-electron chi connectivity index (χ2n) is 2.73. The van der Waals surface area contributed by atoms with Crippen molar-refractivity contribution in [3.8, 4) is 0 Å². The molecule has 0 radical (unpaired) electrons. The number of thiophene rings is 1. The lowest BCUT2D eigenvalue weighted by molar-refractivity contribution is 0.603. The standard InChI is InChI=1S/C8H6ClN3O2S2/c9-7-8(11-4-3-10-7)12-16(13,14)6-2-1-5-15-6/h1-5H,(H,11,12). The van der Waals surface area contributed by atoms with Crippen molar-refractivity contribution in [1.29, 1.82) is 0 Å². The zero-order valence-electron chi connectivity index (χ0n) is 7.79. The maximum absolute atomic E-state index is 11.8. The Balaban J connectivity index is 2.33. The monoisotopic (exact) mass is 275 g/mol. The predicted octanol–water partition coefficient (Wildman–Crippen LogP) is 1.99. The van der Waals surface area contributed by atoms with Crippen molar-refractivity contribution in [3.05, 3.63) is 35.1 Å². The molecule has 0 bridgehead atoms. The van der Waals surface area contributed by atoms with Gasteiger partial charge in [0.1, 0.15) is 4.21 Å². The van der Waals surface area contributed by atoms with Gasteiger partial charge in [-0.15, -0.1) is 11.3 Å². The van der Waals surface area contributed by atoms with Gasteiger partial charge in [0.15, 0.2) is 11.0 Å². The highest BCUT2D eigenvalue weighted by atomic mass is 35.5. The average molecular weight is 276 g/mol. The Morgan fingerprint density at radius 3 is 2.69 bits per heavy atom. The molecule has 0 aliphatic rings. The molecule has 0 aliphatic heterocycles. The Kier molecular flexibility index (Phi) is 3.08. The van der Waals surface area contributed by atoms with Crippen LogP contribution in [0.4, 0.5) is 5.82 Å². The number of aromatic nitrogens is 2. The average Bonchev–Trinajstić information content (AvgIpc) is 2.75. The summed E-state index contributed by atoms with van der Waals surface area (Å²) in [6.07, 6.45) is 2.74. The molecule has 0 aliphatic carbocycles. The van der Waals surface area contributed by atoms with Crippen molar-refractivity contribution in [2.45, 2.75) is 4.21 Å². The van der Waals surface area contributed by atoms with Crippen LogP contribution in [0.15, 0.2) is 34.1 Å². The van der Waals surface area contributed by atoms with Crippen molar-refractivity contribution >= 4 is 38.8 Å². The number of hydrogen-bond acceptors (Lipinski definition) is 5. The lowest BCUT2D eigenvalue weighted by Gasteiger charge is -2.05. The van der Waals surface area contributed by atoms with E-state index in [1.54, 1.807) is 11.4 Å². The summed E-state index contributed by atoms with van der Waals surface area (Å²) < 4.78 is 26.0. The van der Waals surface area contributed by atoms with Gasteiger partial charge in [0.25, 0.3) is 10.0 Å². The van der Waals surface area contributed by atoms with Crippen molar-refractivity contribution in [2.75, 3.05) is 4.72 Å². The maximum Gasteiger partial charge on any atom is 0.272 e. The molecule has 0 saturated heterocycles. The summed E-state index contributed by atoms with van der Waals surface area (Å²) in [7, 11) is -3.61. The zero-order valence-corrected chi connectivity index (χ0v) is 10.2. The molecule has 0 spiro atoms. The number of halogens is 1. The predicted molar refractivity (Wildman–Crippen MR) is 62.2 cm³/mol. The highest BCUT2D eigenvalue weighted by Crippen LogP contribution is 2.22. The molecule has 0 aromatic carbocycles. The van der Waals surface area contributed by atoms with Crippen LogP contribution in [0.1, 0.15) is 0 Å². The number of sulfonamides is 1. The number of hydrogen-bond donors (Lipinski definition) is 1. The summed E-state index contributed by atoms with van der Waals surface area (Å²) in [4.78, 5) is 7.52. The zero-order chi connectivity index (χ0) is 11.6. The minimum Gasteiger partial charge on any atom is -0.260 e. The smallest absolute Gasteiger partial charge is 0.260 e. The van der Waals surface area contributed by atoms with Gasteiger partial charge in [0.05, 0.1) is 0 Å². The fourth-order valence-electron chi connectivity index (χ4n) is 0.983. The van der Waals surface area contributed by atoms with E-state index < -0.39 is 10.0 Å². The van der Waals surface area contributed by atoms with Gasteiger partial charge in [-0.25, -0.2) is 18.4 Å². The van der Waals surface area contributed by atoms with Crippen LogP contribution >= 0.6 is 22.9 Å². The van der Waals surface area contributed by atoms with Crippen molar-refractivity contribution in [3.63, 3.8) is 0 Å². The highest BCUT2D eigenvalue weighted by molar-refractivity contribution is 7.94. The first kappa shape index (κ1) is 11.3. The summed E-state index contributed by atoms with van der Waals surface area (Å²) in [6.45, 7) is 0. The molecule has 8 heteroatoms. The number of nitrogens with one attached hydrogen (secondary N) is 1. The summed E-state index contributed by atoms with van der Waals surface area (Å²) in [5.74, 6) is 0.0255. The SMILES string of the molecule is O=S(=O)(Nc1nccnc1Cl)c1cccs1. The van der Waals surface area contributed by atoms with Gasteiger partial charge in [-0.2, -0.15) is 0 Å². The molecule has 0 unspecified atom stereocenters. The van der Waals surface area contributed by atoms with E-state index >= 15 is 0 Å². The number of rotatable bonds is 3. The van der Waals surface area contributed by atoms with E-state index in [2.05, 4.69) is 14.7 Å². The Hall–Kier alpha value is -1.18. The van der Waals surface area contributed by atoms with Crippen LogP contribution in [-0.4, -0.2) is 18.4 Å². The Labute approximate surface area is 101 Å². The van der Waals surface area contributed by atoms with E-state index in [-0.39, 0.29) is 15.2 Å². The largest absolute Gasteiger partial charge is 0.272 e. The quantitative estimate of drug-likeness (QED) is 0.930. The summed E-state index contributed by atoms with van der Waals surface area (Å²) in [6, 6.07) is 3.15. The Morgan fingerprint density at radius 2 is 2.06 bits per heavy atom. The fraction of sp³-hybridized carbons (Fsp3) is 0. The van der Waals surface area contributed by atoms with Crippen molar-refractivity contribution in [2.24, 2.45) is 0 Å². The van der Waals surface area contributed by atoms with E-state index in [0.717, 1.165) is 11.3 Å². The Bertz CT molecular complexity index is 583. The lowest BCUT2D eigenvalue weighted by Crippen LogP contribution is -2.13. The van der Waals surface area contributed by atoms with Crippen LogP contribution in [0.3, 0.4) is 0 Å². The van der Waals surface area contributed by atoms with Gasteiger partial charge >= 0.3 is 0 Å². The van der Waals surface area contributed by atoms with Crippen LogP contribution < -0.4 is 4.72 Å². The summed E-state index contributed by atoms with van der Waals surface area (Å²) >= 11 is 6.81. The van der Waals surface area contributed by atoms with Gasteiger partial charge in [0.2, 0.25) is 0 Å². The van der Waals surface area contributed by atoms with Crippen molar-refractivity contribution < 1.29 is 8.42 Å². The van der Waals surface area contributed by atoms with Crippen LogP contribution in [0, 0.1) is 0 Å². The summed E-state index contributed by atoms with van der Waals surface area (Å²) in [5.41, 5.74) is 0. The second-order valence-corrected chi connectivity index (χ2v) is 5.95. The first-order chi connectivity index (χ1) is 7.59. The van der Waals surface area contributed by atoms with E-state index in [1.807, 2.05) is 0 Å². The molecule has 2 aromatic rings. The second kappa shape index (κ2) is 4.36. The molecule has 2 rings (SSSR count). The van der Waals surface area contributed by atoms with Crippen LogP contribution in [0.25, 0.3) is 0 Å². The Morgan fingerprint density at radius 1 is 1.31 bits per heavy atom. The molecule has 0 atom stereocenters. The van der Waals surface area contributed by atoms with E-state index in [4.69, 9.17) is 11.6 Å². The van der Waals surface area contributed by atoms with E-state index in [1.165, 1.54) is 18.5 Å². The van der Waals surface area contributed by atoms with Gasteiger partial charge < -0.3 is 0 Å². The molecule has 2 aromatic heterocycles. The third-order valence-electron chi connectivity index (χ3n) is 1.64. The fourth-order valence-corrected chi connectivity index (χ4v) is 3.20. The maximum atomic E-state index is 11.8. The van der Waals surface area contributed by atoms with Crippen LogP contribution in [0.5, 0.6) is 0 Å². The molecule has 5 nitrogen and oxygen atoms in total. The molecular formula is C8H6ClN3O2S2. The van der Waals surface area contributed by atoms with Gasteiger partial charge in [0, 0.05) is 12.4 Å². The molecule has 0 amide bonds. The molecule has 1 N–H and O–H groups in total. The third kappa shape index (κ3) is 2.31. The first-order valence-corrected chi connectivity index (χ1v) is 6.86. The molecule has 0 saturated carbocycles. The minimum atomic E-state index is -3.61. The van der Waals surface area contributed by atoms with Gasteiger partial charge in [-0.1, -0.05) is 17.7 Å². The van der Waals surface area contributed by atoms with Crippen molar-refractivity contribution in [1.82, 2.24) is 9.97 Å². The summed E-state index contributed by atoms with van der Waals surface area (Å²) in [5, 5.41) is 1.69. The van der Waals surface area contributed by atoms with Gasteiger partial charge in [-0.05, 0) is 11.4 Å². The minimum absolute atomic E-state index is 0.0163. The number of anilines is 1. The first-order valence-electron chi connectivity index (χ1n) is 4.12. The molecule has 0 fully saturated rings. The molecular weight excluding hydrogens is 270 g/mol. The van der Waals surface area contributed by atoms with Crippen LogP contribution in [-0.2, 0) is 10.0 Å². The van der Waals surface area contributed by atoms with Crippen LogP contribution in [0.2, 0.25) is 5.15 Å². The molecule has 16 heavy (non-hydrogen) atoms. The normalized spacial score (nSPS) is 11.3. The topological polar surface area (TPSA) is 72.0 Å². The lowest BCUT2D eigenvalue weighted by atomic mass is 10.7. The molecule has 2 heterocycles. The van der Waals surface area contributed by atoms with Gasteiger partial charge in [-0.3, -0.25) is 4.72 Å².